The zero-order valence-corrected chi connectivity index (χ0v) is 18.2. The summed E-state index contributed by atoms with van der Waals surface area (Å²) in [6, 6.07) is 9.44. The van der Waals surface area contributed by atoms with Crippen molar-refractivity contribution in [3.8, 4) is 0 Å². The normalized spacial score (nSPS) is 15.4. The average molecular weight is 446 g/mol. The molecule has 1 aliphatic rings. The molecule has 2 amide bonds. The zero-order chi connectivity index (χ0) is 22.4. The van der Waals surface area contributed by atoms with Gasteiger partial charge >= 0.3 is 0 Å². The number of benzene rings is 1. The fourth-order valence-corrected chi connectivity index (χ4v) is 3.98. The van der Waals surface area contributed by atoms with Gasteiger partial charge in [-0.05, 0) is 74.8 Å². The van der Waals surface area contributed by atoms with Crippen LogP contribution in [0.15, 0.2) is 47.5 Å². The number of nitrogens with one attached hydrogen (secondary N) is 2. The lowest BCUT2D eigenvalue weighted by Crippen LogP contribution is -2.39. The van der Waals surface area contributed by atoms with Gasteiger partial charge in [0.15, 0.2) is 0 Å². The van der Waals surface area contributed by atoms with Crippen molar-refractivity contribution in [3.05, 3.63) is 48.2 Å². The molecule has 10 heteroatoms. The number of nitrogens with zero attached hydrogens (tertiary/aromatic N) is 2. The second-order valence-corrected chi connectivity index (χ2v) is 9.25. The van der Waals surface area contributed by atoms with Crippen molar-refractivity contribution in [1.82, 2.24) is 9.88 Å². The van der Waals surface area contributed by atoms with Gasteiger partial charge in [-0.25, -0.2) is 18.5 Å². The Morgan fingerprint density at radius 1 is 1.13 bits per heavy atom. The molecule has 3 rings (SSSR count). The van der Waals surface area contributed by atoms with Crippen molar-refractivity contribution in [2.45, 2.75) is 31.1 Å². The lowest BCUT2D eigenvalue weighted by molar-refractivity contribution is -0.121. The van der Waals surface area contributed by atoms with Crippen LogP contribution in [-0.4, -0.2) is 49.8 Å². The third kappa shape index (κ3) is 6.84. The fourth-order valence-electron chi connectivity index (χ4n) is 3.46. The summed E-state index contributed by atoms with van der Waals surface area (Å²) >= 11 is 0. The van der Waals surface area contributed by atoms with Gasteiger partial charge in [0.05, 0.1) is 4.90 Å². The number of amides is 2. The van der Waals surface area contributed by atoms with E-state index >= 15 is 0 Å². The number of aryl methyl sites for hydroxylation is 1. The first kappa shape index (κ1) is 22.9. The van der Waals surface area contributed by atoms with Gasteiger partial charge in [0.1, 0.15) is 5.82 Å². The van der Waals surface area contributed by atoms with E-state index in [0.29, 0.717) is 24.5 Å². The molecule has 2 aromatic rings. The van der Waals surface area contributed by atoms with E-state index in [-0.39, 0.29) is 22.6 Å². The van der Waals surface area contributed by atoms with Gasteiger partial charge in [-0.2, -0.15) is 0 Å². The summed E-state index contributed by atoms with van der Waals surface area (Å²) in [4.78, 5) is 31.0. The second-order valence-electron chi connectivity index (χ2n) is 7.69. The molecule has 0 spiro atoms. The van der Waals surface area contributed by atoms with Crippen molar-refractivity contribution < 1.29 is 18.0 Å². The van der Waals surface area contributed by atoms with Crippen molar-refractivity contribution in [1.29, 1.82) is 0 Å². The Bertz CT molecular complexity index is 1030. The van der Waals surface area contributed by atoms with E-state index in [2.05, 4.69) is 20.5 Å². The van der Waals surface area contributed by atoms with E-state index in [9.17, 15) is 18.0 Å². The van der Waals surface area contributed by atoms with Gasteiger partial charge in [0.25, 0.3) is 0 Å². The van der Waals surface area contributed by atoms with Gasteiger partial charge in [0.2, 0.25) is 21.8 Å². The van der Waals surface area contributed by atoms with E-state index < -0.39 is 10.0 Å². The number of nitrogens with two attached hydrogens (primary N) is 1. The molecule has 1 fully saturated rings. The van der Waals surface area contributed by atoms with Crippen LogP contribution in [0.3, 0.4) is 0 Å². The topological polar surface area (TPSA) is 134 Å². The predicted molar refractivity (Wildman–Crippen MR) is 118 cm³/mol. The first-order chi connectivity index (χ1) is 14.7. The third-order valence-corrected chi connectivity index (χ3v) is 6.18. The molecule has 1 aromatic heterocycles. The van der Waals surface area contributed by atoms with Gasteiger partial charge in [-0.1, -0.05) is 0 Å². The molecule has 0 radical (unpaired) electrons. The summed E-state index contributed by atoms with van der Waals surface area (Å²) in [5, 5.41) is 10.7. The van der Waals surface area contributed by atoms with Crippen LogP contribution in [0.2, 0.25) is 0 Å². The Morgan fingerprint density at radius 3 is 2.42 bits per heavy atom. The number of piperidine rings is 1. The largest absolute Gasteiger partial charge is 0.326 e. The second kappa shape index (κ2) is 9.99. The molecule has 2 heterocycles. The zero-order valence-electron chi connectivity index (χ0n) is 17.4. The summed E-state index contributed by atoms with van der Waals surface area (Å²) in [6.07, 6.45) is 3.44. The SMILES string of the molecule is Cc1ccnc(NC(=O)C2CCN(CCC(=O)Nc3ccc(S(N)(=O)=O)cc3)CC2)c1. The standard InChI is InChI=1S/C21H27N5O4S/c1-15-6-10-23-19(14-15)25-21(28)16-7-11-26(12-8-16)13-9-20(27)24-17-2-4-18(5-3-17)31(22,29)30/h2-6,10,14,16H,7-9,11-13H2,1H3,(H,24,27)(H2,22,29,30)(H,23,25,28). The summed E-state index contributed by atoms with van der Waals surface area (Å²) in [7, 11) is -3.75. The molecule has 166 valence electrons. The molecular formula is C21H27N5O4S. The van der Waals surface area contributed by atoms with Crippen molar-refractivity contribution in [3.63, 3.8) is 0 Å². The van der Waals surface area contributed by atoms with Crippen LogP contribution < -0.4 is 15.8 Å². The number of primary sulfonamides is 1. The van der Waals surface area contributed by atoms with E-state index in [1.807, 2.05) is 19.1 Å². The quantitative estimate of drug-likeness (QED) is 0.594. The van der Waals surface area contributed by atoms with Crippen molar-refractivity contribution in [2.75, 3.05) is 30.3 Å². The van der Waals surface area contributed by atoms with Crippen LogP contribution in [0.4, 0.5) is 11.5 Å². The first-order valence-electron chi connectivity index (χ1n) is 10.1. The Hall–Kier alpha value is -2.82. The third-order valence-electron chi connectivity index (χ3n) is 5.25. The lowest BCUT2D eigenvalue weighted by Gasteiger charge is -2.31. The average Bonchev–Trinajstić information content (AvgIpc) is 2.72. The molecule has 0 atom stereocenters. The smallest absolute Gasteiger partial charge is 0.238 e. The Balaban J connectivity index is 1.39. The van der Waals surface area contributed by atoms with Gasteiger partial charge in [0, 0.05) is 30.8 Å². The highest BCUT2D eigenvalue weighted by molar-refractivity contribution is 7.89. The summed E-state index contributed by atoms with van der Waals surface area (Å²) in [5.41, 5.74) is 1.55. The summed E-state index contributed by atoms with van der Waals surface area (Å²) in [6.45, 7) is 4.03. The van der Waals surface area contributed by atoms with Crippen LogP contribution in [0.5, 0.6) is 0 Å². The van der Waals surface area contributed by atoms with E-state index in [0.717, 1.165) is 31.5 Å². The highest BCUT2D eigenvalue weighted by Crippen LogP contribution is 2.20. The van der Waals surface area contributed by atoms with Crippen LogP contribution in [0.1, 0.15) is 24.8 Å². The van der Waals surface area contributed by atoms with E-state index in [1.165, 1.54) is 24.3 Å². The summed E-state index contributed by atoms with van der Waals surface area (Å²) in [5.74, 6) is 0.332. The first-order valence-corrected chi connectivity index (χ1v) is 11.6. The molecule has 1 aliphatic heterocycles. The number of pyridine rings is 1. The number of hydrogen-bond donors (Lipinski definition) is 3. The number of carbonyl (C=O) groups is 2. The molecule has 4 N–H and O–H groups in total. The fraction of sp³-hybridized carbons (Fsp3) is 0.381. The monoisotopic (exact) mass is 445 g/mol. The number of anilines is 2. The molecule has 0 bridgehead atoms. The molecule has 31 heavy (non-hydrogen) atoms. The van der Waals surface area contributed by atoms with Gasteiger partial charge in [-0.3, -0.25) is 9.59 Å². The number of hydrogen-bond acceptors (Lipinski definition) is 6. The predicted octanol–water partition coefficient (Wildman–Crippen LogP) is 1.72. The minimum atomic E-state index is -3.75. The van der Waals surface area contributed by atoms with Crippen molar-refractivity contribution in [2.24, 2.45) is 11.1 Å². The van der Waals surface area contributed by atoms with Crippen LogP contribution in [-0.2, 0) is 19.6 Å². The minimum absolute atomic E-state index is 0.00409. The molecule has 1 saturated heterocycles. The number of likely N-dealkylation sites (tertiary alicyclic amines) is 1. The minimum Gasteiger partial charge on any atom is -0.326 e. The molecular weight excluding hydrogens is 418 g/mol. The maximum absolute atomic E-state index is 12.5. The Labute approximate surface area is 182 Å². The van der Waals surface area contributed by atoms with Crippen molar-refractivity contribution >= 4 is 33.3 Å². The molecule has 0 saturated carbocycles. The number of rotatable bonds is 7. The maximum Gasteiger partial charge on any atom is 0.238 e. The molecule has 9 nitrogen and oxygen atoms in total. The van der Waals surface area contributed by atoms with Crippen LogP contribution in [0.25, 0.3) is 0 Å². The van der Waals surface area contributed by atoms with E-state index in [4.69, 9.17) is 5.14 Å². The molecule has 1 aromatic carbocycles. The Morgan fingerprint density at radius 2 is 1.81 bits per heavy atom. The van der Waals surface area contributed by atoms with E-state index in [1.54, 1.807) is 6.20 Å². The molecule has 0 aliphatic carbocycles. The maximum atomic E-state index is 12.5. The van der Waals surface area contributed by atoms with Crippen LogP contribution in [0, 0.1) is 12.8 Å². The van der Waals surface area contributed by atoms with Crippen LogP contribution >= 0.6 is 0 Å². The lowest BCUT2D eigenvalue weighted by atomic mass is 9.96. The number of carbonyl (C=O) groups excluding carboxylic acids is 2. The van der Waals surface area contributed by atoms with Gasteiger partial charge < -0.3 is 15.5 Å². The Kier molecular flexibility index (Phi) is 7.37. The number of aromatic nitrogens is 1. The highest BCUT2D eigenvalue weighted by Gasteiger charge is 2.25. The molecule has 0 unspecified atom stereocenters. The summed E-state index contributed by atoms with van der Waals surface area (Å²) < 4.78 is 22.5. The van der Waals surface area contributed by atoms with Gasteiger partial charge in [-0.15, -0.1) is 0 Å². The highest BCUT2D eigenvalue weighted by atomic mass is 32.2. The number of sulfonamides is 1.